The quantitative estimate of drug-likeness (QED) is 0.746. The Morgan fingerprint density at radius 3 is 2.54 bits per heavy atom. The molecule has 0 saturated heterocycles. The van der Waals surface area contributed by atoms with Gasteiger partial charge in [0.15, 0.2) is 0 Å². The Morgan fingerprint density at radius 1 is 1.15 bits per heavy atom. The van der Waals surface area contributed by atoms with Crippen LogP contribution in [0.15, 0.2) is 66.1 Å². The molecular weight excluding hydrogens is 348 g/mol. The SMILES string of the molecule is Cc1nn(-c2ccccc2)c2c1[C@@H](c1ccccc1Cl)C(C#N)=C(N)O2. The van der Waals surface area contributed by atoms with E-state index in [0.717, 1.165) is 22.5 Å². The van der Waals surface area contributed by atoms with Crippen LogP contribution in [0.3, 0.4) is 0 Å². The number of rotatable bonds is 2. The number of nitrogens with zero attached hydrogens (tertiary/aromatic N) is 3. The Bertz CT molecular complexity index is 1060. The summed E-state index contributed by atoms with van der Waals surface area (Å²) >= 11 is 6.43. The summed E-state index contributed by atoms with van der Waals surface area (Å²) in [7, 11) is 0. The van der Waals surface area contributed by atoms with E-state index >= 15 is 0 Å². The summed E-state index contributed by atoms with van der Waals surface area (Å²) in [5.74, 6) is 0.159. The molecule has 0 radical (unpaired) electrons. The zero-order chi connectivity index (χ0) is 18.3. The van der Waals surface area contributed by atoms with Crippen molar-refractivity contribution < 1.29 is 4.74 Å². The van der Waals surface area contributed by atoms with Gasteiger partial charge in [-0.2, -0.15) is 10.4 Å². The second-order valence-corrected chi connectivity index (χ2v) is 6.41. The van der Waals surface area contributed by atoms with Crippen LogP contribution >= 0.6 is 11.6 Å². The van der Waals surface area contributed by atoms with Crippen molar-refractivity contribution in [2.75, 3.05) is 0 Å². The van der Waals surface area contributed by atoms with Crippen molar-refractivity contribution in [2.24, 2.45) is 5.73 Å². The lowest BCUT2D eigenvalue weighted by Gasteiger charge is -2.25. The van der Waals surface area contributed by atoms with Gasteiger partial charge in [-0.3, -0.25) is 0 Å². The maximum atomic E-state index is 9.69. The van der Waals surface area contributed by atoms with Crippen LogP contribution in [0.25, 0.3) is 5.69 Å². The van der Waals surface area contributed by atoms with E-state index in [1.54, 1.807) is 10.7 Å². The van der Waals surface area contributed by atoms with Crippen LogP contribution in [0.2, 0.25) is 5.02 Å². The van der Waals surface area contributed by atoms with Gasteiger partial charge in [-0.1, -0.05) is 48.0 Å². The van der Waals surface area contributed by atoms with Crippen molar-refractivity contribution in [3.8, 4) is 17.6 Å². The highest BCUT2D eigenvalue weighted by Crippen LogP contribution is 2.46. The van der Waals surface area contributed by atoms with Crippen molar-refractivity contribution in [2.45, 2.75) is 12.8 Å². The number of ether oxygens (including phenoxy) is 1. The fraction of sp³-hybridized carbons (Fsp3) is 0.100. The molecule has 0 bridgehead atoms. The van der Waals surface area contributed by atoms with E-state index < -0.39 is 5.92 Å². The van der Waals surface area contributed by atoms with E-state index in [1.807, 2.05) is 55.5 Å². The number of benzene rings is 2. The predicted octanol–water partition coefficient (Wildman–Crippen LogP) is 4.05. The molecule has 1 aliphatic heterocycles. The summed E-state index contributed by atoms with van der Waals surface area (Å²) < 4.78 is 7.53. The number of para-hydroxylation sites is 1. The van der Waals surface area contributed by atoms with Crippen LogP contribution in [0.4, 0.5) is 0 Å². The molecule has 2 heterocycles. The number of hydrogen-bond donors (Lipinski definition) is 1. The highest BCUT2D eigenvalue weighted by Gasteiger charge is 2.36. The third kappa shape index (κ3) is 2.43. The maximum absolute atomic E-state index is 9.69. The molecule has 0 aliphatic carbocycles. The molecule has 6 heteroatoms. The summed E-state index contributed by atoms with van der Waals surface area (Å²) in [4.78, 5) is 0. The van der Waals surface area contributed by atoms with Crippen LogP contribution in [0.5, 0.6) is 5.88 Å². The molecule has 0 fully saturated rings. The van der Waals surface area contributed by atoms with Crippen molar-refractivity contribution in [1.29, 1.82) is 5.26 Å². The molecule has 128 valence electrons. The highest BCUT2D eigenvalue weighted by atomic mass is 35.5. The molecule has 0 saturated carbocycles. The molecule has 2 aromatic carbocycles. The van der Waals surface area contributed by atoms with Crippen molar-refractivity contribution in [3.63, 3.8) is 0 Å². The summed E-state index contributed by atoms with van der Waals surface area (Å²) in [6.45, 7) is 1.89. The van der Waals surface area contributed by atoms with Gasteiger partial charge >= 0.3 is 0 Å². The fourth-order valence-electron chi connectivity index (χ4n) is 3.28. The smallest absolute Gasteiger partial charge is 0.229 e. The molecule has 3 aromatic rings. The van der Waals surface area contributed by atoms with Gasteiger partial charge in [0.2, 0.25) is 11.8 Å². The van der Waals surface area contributed by atoms with Gasteiger partial charge in [0.05, 0.1) is 22.9 Å². The minimum Gasteiger partial charge on any atom is -0.422 e. The molecule has 0 spiro atoms. The summed E-state index contributed by atoms with van der Waals surface area (Å²) in [6, 6.07) is 19.3. The Labute approximate surface area is 155 Å². The first kappa shape index (κ1) is 16.2. The fourth-order valence-corrected chi connectivity index (χ4v) is 3.52. The number of allylic oxidation sites excluding steroid dienone is 1. The van der Waals surface area contributed by atoms with E-state index in [-0.39, 0.29) is 5.88 Å². The topological polar surface area (TPSA) is 76.9 Å². The molecule has 1 aromatic heterocycles. The molecule has 2 N–H and O–H groups in total. The van der Waals surface area contributed by atoms with Crippen molar-refractivity contribution >= 4 is 11.6 Å². The number of halogens is 1. The number of nitriles is 1. The van der Waals surface area contributed by atoms with Crippen LogP contribution in [0, 0.1) is 18.3 Å². The lowest BCUT2D eigenvalue weighted by Crippen LogP contribution is -2.22. The van der Waals surface area contributed by atoms with Gasteiger partial charge in [0, 0.05) is 5.02 Å². The number of aryl methyl sites for hydroxylation is 1. The number of aromatic nitrogens is 2. The van der Waals surface area contributed by atoms with Crippen LogP contribution in [0.1, 0.15) is 22.7 Å². The second kappa shape index (κ2) is 6.25. The van der Waals surface area contributed by atoms with Crippen molar-refractivity contribution in [1.82, 2.24) is 9.78 Å². The summed E-state index contributed by atoms with van der Waals surface area (Å²) in [6.07, 6.45) is 0. The maximum Gasteiger partial charge on any atom is 0.229 e. The monoisotopic (exact) mass is 362 g/mol. The predicted molar refractivity (Wildman–Crippen MR) is 99.1 cm³/mol. The number of nitrogens with two attached hydrogens (primary N) is 1. The van der Waals surface area contributed by atoms with Crippen molar-refractivity contribution in [3.05, 3.63) is 87.9 Å². The second-order valence-electron chi connectivity index (χ2n) is 6.00. The van der Waals surface area contributed by atoms with E-state index in [4.69, 9.17) is 22.1 Å². The Hall–Kier alpha value is -3.23. The first-order valence-corrected chi connectivity index (χ1v) is 8.46. The van der Waals surface area contributed by atoms with E-state index in [1.165, 1.54) is 0 Å². The van der Waals surface area contributed by atoms with Gasteiger partial charge in [0.25, 0.3) is 0 Å². The molecule has 5 nitrogen and oxygen atoms in total. The first-order valence-electron chi connectivity index (χ1n) is 8.08. The number of fused-ring (bicyclic) bond motifs is 1. The average Bonchev–Trinajstić information content (AvgIpc) is 2.98. The van der Waals surface area contributed by atoms with Gasteiger partial charge in [-0.25, -0.2) is 4.68 Å². The Morgan fingerprint density at radius 2 is 1.85 bits per heavy atom. The Kier molecular flexibility index (Phi) is 3.90. The molecule has 1 atom stereocenters. The largest absolute Gasteiger partial charge is 0.422 e. The number of hydrogen-bond acceptors (Lipinski definition) is 4. The summed E-state index contributed by atoms with van der Waals surface area (Å²) in [5, 5.41) is 14.9. The van der Waals surface area contributed by atoms with Crippen LogP contribution < -0.4 is 10.5 Å². The first-order chi connectivity index (χ1) is 12.6. The lowest BCUT2D eigenvalue weighted by atomic mass is 9.84. The third-order valence-electron chi connectivity index (χ3n) is 4.45. The molecule has 26 heavy (non-hydrogen) atoms. The zero-order valence-electron chi connectivity index (χ0n) is 14.0. The zero-order valence-corrected chi connectivity index (χ0v) is 14.7. The minimum absolute atomic E-state index is 0.0713. The molecule has 0 amide bonds. The minimum atomic E-state index is -0.421. The lowest BCUT2D eigenvalue weighted by molar-refractivity contribution is 0.367. The van der Waals surface area contributed by atoms with E-state index in [0.29, 0.717) is 16.5 Å². The highest BCUT2D eigenvalue weighted by molar-refractivity contribution is 6.31. The average molecular weight is 363 g/mol. The van der Waals surface area contributed by atoms with Gasteiger partial charge in [-0.05, 0) is 30.7 Å². The normalized spacial score (nSPS) is 16.0. The van der Waals surface area contributed by atoms with E-state index in [2.05, 4.69) is 11.2 Å². The molecular formula is C20H15ClN4O. The molecule has 4 rings (SSSR count). The van der Waals surface area contributed by atoms with Gasteiger partial charge in [0.1, 0.15) is 11.6 Å². The van der Waals surface area contributed by atoms with Gasteiger partial charge in [-0.15, -0.1) is 0 Å². The standard InChI is InChI=1S/C20H15ClN4O/c1-12-17-18(14-9-5-6-10-16(14)21)15(11-22)19(23)26-20(17)25(24-12)13-7-3-2-4-8-13/h2-10,18H,23H2,1H3/t18-/m0/s1. The molecule has 1 aliphatic rings. The molecule has 0 unspecified atom stereocenters. The van der Waals surface area contributed by atoms with E-state index in [9.17, 15) is 5.26 Å². The van der Waals surface area contributed by atoms with Gasteiger partial charge < -0.3 is 10.5 Å². The third-order valence-corrected chi connectivity index (χ3v) is 4.79. The van der Waals surface area contributed by atoms with Crippen LogP contribution in [-0.4, -0.2) is 9.78 Å². The summed E-state index contributed by atoms with van der Waals surface area (Å²) in [5.41, 5.74) is 9.63. The Balaban J connectivity index is 1.99. The van der Waals surface area contributed by atoms with Crippen LogP contribution in [-0.2, 0) is 0 Å².